The van der Waals surface area contributed by atoms with Crippen LogP contribution in [0, 0.1) is 17.6 Å². The van der Waals surface area contributed by atoms with Crippen molar-refractivity contribution in [1.29, 1.82) is 0 Å². The molecule has 1 N–H and O–H groups in total. The third-order valence-corrected chi connectivity index (χ3v) is 4.15. The van der Waals surface area contributed by atoms with Crippen molar-refractivity contribution in [2.24, 2.45) is 5.92 Å². The van der Waals surface area contributed by atoms with Gasteiger partial charge in [-0.1, -0.05) is 6.92 Å². The van der Waals surface area contributed by atoms with Gasteiger partial charge >= 0.3 is 0 Å². The van der Waals surface area contributed by atoms with Crippen LogP contribution in [-0.4, -0.2) is 14.5 Å². The predicted octanol–water partition coefficient (Wildman–Crippen LogP) is 3.76. The lowest BCUT2D eigenvalue weighted by atomic mass is 10.1. The van der Waals surface area contributed by atoms with Gasteiger partial charge in [-0.3, -0.25) is 4.57 Å². The highest BCUT2D eigenvalue weighted by Gasteiger charge is 2.25. The molecule has 0 aliphatic heterocycles. The lowest BCUT2D eigenvalue weighted by Crippen LogP contribution is -2.06. The Morgan fingerprint density at radius 2 is 2.29 bits per heavy atom. The van der Waals surface area contributed by atoms with Crippen LogP contribution >= 0.6 is 12.2 Å². The molecule has 2 unspecified atom stereocenters. The molecule has 3 nitrogen and oxygen atoms in total. The lowest BCUT2D eigenvalue weighted by Gasteiger charge is -2.12. The molecule has 3 rings (SSSR count). The highest BCUT2D eigenvalue weighted by Crippen LogP contribution is 2.36. The highest BCUT2D eigenvalue weighted by atomic mass is 32.1. The quantitative estimate of drug-likeness (QED) is 0.778. The molecule has 1 fully saturated rings. The van der Waals surface area contributed by atoms with E-state index in [-0.39, 0.29) is 0 Å². The number of hydrogen-bond donors (Lipinski definition) is 1. The molecule has 0 amide bonds. The summed E-state index contributed by atoms with van der Waals surface area (Å²) in [6.45, 7) is 4.41. The van der Waals surface area contributed by atoms with Crippen molar-refractivity contribution in [2.45, 2.75) is 39.2 Å². The molecule has 1 saturated carbocycles. The molecule has 0 radical (unpaired) electrons. The Balaban J connectivity index is 2.19. The molecule has 1 aliphatic carbocycles. The second-order valence-corrected chi connectivity index (χ2v) is 5.59. The van der Waals surface area contributed by atoms with Crippen LogP contribution in [0.5, 0.6) is 0 Å². The summed E-state index contributed by atoms with van der Waals surface area (Å²) in [7, 11) is 0. The van der Waals surface area contributed by atoms with Gasteiger partial charge in [0.2, 0.25) is 0 Å². The van der Waals surface area contributed by atoms with E-state index in [1.807, 2.05) is 12.3 Å². The van der Waals surface area contributed by atoms with Crippen LogP contribution in [-0.2, 0) is 0 Å². The molecular formula is C13H17N3S. The minimum atomic E-state index is 0.528. The molecule has 2 heterocycles. The van der Waals surface area contributed by atoms with Crippen molar-refractivity contribution < 1.29 is 0 Å². The van der Waals surface area contributed by atoms with E-state index in [0.717, 1.165) is 21.9 Å². The van der Waals surface area contributed by atoms with Gasteiger partial charge in [-0.05, 0) is 56.0 Å². The van der Waals surface area contributed by atoms with E-state index >= 15 is 0 Å². The van der Waals surface area contributed by atoms with E-state index in [1.54, 1.807) is 0 Å². The lowest BCUT2D eigenvalue weighted by molar-refractivity contribution is 0.498. The summed E-state index contributed by atoms with van der Waals surface area (Å²) in [5, 5.41) is 0. The van der Waals surface area contributed by atoms with Crippen LogP contribution in [0.15, 0.2) is 12.3 Å². The molecule has 2 aromatic rings. The Kier molecular flexibility index (Phi) is 2.54. The van der Waals surface area contributed by atoms with Crippen LogP contribution in [0.4, 0.5) is 0 Å². The Morgan fingerprint density at radius 3 is 3.00 bits per heavy atom. The summed E-state index contributed by atoms with van der Waals surface area (Å²) in [5.74, 6) is 0.802. The number of aromatic nitrogens is 3. The average molecular weight is 247 g/mol. The molecule has 17 heavy (non-hydrogen) atoms. The van der Waals surface area contributed by atoms with E-state index < -0.39 is 0 Å². The first-order valence-corrected chi connectivity index (χ1v) is 6.63. The second kappa shape index (κ2) is 3.95. The molecule has 2 aromatic heterocycles. The normalized spacial score (nSPS) is 24.6. The number of nitrogens with one attached hydrogen (secondary N) is 1. The number of rotatable bonds is 1. The zero-order valence-electron chi connectivity index (χ0n) is 10.2. The Morgan fingerprint density at radius 1 is 1.47 bits per heavy atom. The van der Waals surface area contributed by atoms with Gasteiger partial charge in [-0.25, -0.2) is 4.98 Å². The van der Waals surface area contributed by atoms with Gasteiger partial charge in [0.25, 0.3) is 0 Å². The SMILES string of the molecule is Cc1ccnc2c1[nH]c(=S)n2C1CCC(C)C1. The largest absolute Gasteiger partial charge is 0.329 e. The van der Waals surface area contributed by atoms with Crippen molar-refractivity contribution in [2.75, 3.05) is 0 Å². The molecule has 1 aliphatic rings. The van der Waals surface area contributed by atoms with Crippen LogP contribution in [0.25, 0.3) is 11.2 Å². The van der Waals surface area contributed by atoms with E-state index in [2.05, 4.69) is 28.4 Å². The molecule has 90 valence electrons. The first kappa shape index (κ1) is 11.0. The topological polar surface area (TPSA) is 33.6 Å². The number of aromatic amines is 1. The van der Waals surface area contributed by atoms with E-state index in [9.17, 15) is 0 Å². The maximum absolute atomic E-state index is 5.46. The molecular weight excluding hydrogens is 230 g/mol. The summed E-state index contributed by atoms with van der Waals surface area (Å²) >= 11 is 5.46. The standard InChI is InChI=1S/C13H17N3S/c1-8-3-4-10(7-8)16-12-11(15-13(16)17)9(2)5-6-14-12/h5-6,8,10H,3-4,7H2,1-2H3,(H,15,17). The van der Waals surface area contributed by atoms with Crippen molar-refractivity contribution >= 4 is 23.4 Å². The number of pyridine rings is 1. The van der Waals surface area contributed by atoms with Crippen LogP contribution in [0.3, 0.4) is 0 Å². The Bertz CT molecular complexity index is 611. The molecule has 0 aromatic carbocycles. The molecule has 0 bridgehead atoms. The third kappa shape index (κ3) is 1.71. The maximum Gasteiger partial charge on any atom is 0.179 e. The molecule has 0 spiro atoms. The number of fused-ring (bicyclic) bond motifs is 1. The van der Waals surface area contributed by atoms with E-state index in [0.29, 0.717) is 6.04 Å². The second-order valence-electron chi connectivity index (χ2n) is 5.20. The Labute approximate surface area is 106 Å². The number of aryl methyl sites for hydroxylation is 1. The summed E-state index contributed by atoms with van der Waals surface area (Å²) in [4.78, 5) is 7.80. The average Bonchev–Trinajstić information content (AvgIpc) is 2.82. The first-order valence-electron chi connectivity index (χ1n) is 6.22. The monoisotopic (exact) mass is 247 g/mol. The van der Waals surface area contributed by atoms with Crippen molar-refractivity contribution in [3.63, 3.8) is 0 Å². The number of H-pyrrole nitrogens is 1. The van der Waals surface area contributed by atoms with Crippen molar-refractivity contribution in [3.8, 4) is 0 Å². The minimum absolute atomic E-state index is 0.528. The van der Waals surface area contributed by atoms with Crippen LogP contribution < -0.4 is 0 Å². The van der Waals surface area contributed by atoms with Crippen molar-refractivity contribution in [1.82, 2.24) is 14.5 Å². The summed E-state index contributed by atoms with van der Waals surface area (Å²) < 4.78 is 3.04. The summed E-state index contributed by atoms with van der Waals surface area (Å²) in [5.41, 5.74) is 3.33. The number of hydrogen-bond acceptors (Lipinski definition) is 2. The summed E-state index contributed by atoms with van der Waals surface area (Å²) in [6, 6.07) is 2.55. The molecule has 0 saturated heterocycles. The predicted molar refractivity (Wildman–Crippen MR) is 71.7 cm³/mol. The molecule has 2 atom stereocenters. The fourth-order valence-corrected chi connectivity index (χ4v) is 3.23. The van der Waals surface area contributed by atoms with Gasteiger partial charge in [0, 0.05) is 12.2 Å². The number of nitrogens with zero attached hydrogens (tertiary/aromatic N) is 2. The van der Waals surface area contributed by atoms with Gasteiger partial charge < -0.3 is 4.98 Å². The van der Waals surface area contributed by atoms with E-state index in [1.165, 1.54) is 24.8 Å². The van der Waals surface area contributed by atoms with E-state index in [4.69, 9.17) is 12.2 Å². The zero-order valence-corrected chi connectivity index (χ0v) is 11.0. The van der Waals surface area contributed by atoms with Gasteiger partial charge in [-0.15, -0.1) is 0 Å². The molecule has 4 heteroatoms. The fraction of sp³-hybridized carbons (Fsp3) is 0.538. The minimum Gasteiger partial charge on any atom is -0.329 e. The Hall–Kier alpha value is -1.16. The van der Waals surface area contributed by atoms with Crippen molar-refractivity contribution in [3.05, 3.63) is 22.6 Å². The maximum atomic E-state index is 5.46. The number of imidazole rings is 1. The van der Waals surface area contributed by atoms with Gasteiger partial charge in [0.05, 0.1) is 5.52 Å². The summed E-state index contributed by atoms with van der Waals surface area (Å²) in [6.07, 6.45) is 5.61. The highest BCUT2D eigenvalue weighted by molar-refractivity contribution is 7.71. The van der Waals surface area contributed by atoms with Crippen LogP contribution in [0.1, 0.15) is 37.8 Å². The van der Waals surface area contributed by atoms with Gasteiger partial charge in [0.1, 0.15) is 0 Å². The first-order chi connectivity index (χ1) is 8.16. The van der Waals surface area contributed by atoms with Gasteiger partial charge in [-0.2, -0.15) is 0 Å². The van der Waals surface area contributed by atoms with Gasteiger partial charge in [0.15, 0.2) is 10.4 Å². The third-order valence-electron chi connectivity index (χ3n) is 3.85. The zero-order chi connectivity index (χ0) is 12.0. The van der Waals surface area contributed by atoms with Crippen LogP contribution in [0.2, 0.25) is 0 Å². The fourth-order valence-electron chi connectivity index (χ4n) is 2.89. The smallest absolute Gasteiger partial charge is 0.179 e.